The third-order valence-corrected chi connectivity index (χ3v) is 2.93. The molecule has 0 unspecified atom stereocenters. The molecule has 0 aliphatic carbocycles. The standard InChI is InChI=1S/C12H13N3S/c1-3-7-16-12-13-11(14-15-12)10-6-4-5-9(2)8-10/h3-6,8H,1,7H2,2H3,(H,13,14,15). The Kier molecular flexibility index (Phi) is 3.41. The van der Waals surface area contributed by atoms with Crippen molar-refractivity contribution < 1.29 is 0 Å². The molecule has 0 aliphatic rings. The summed E-state index contributed by atoms with van der Waals surface area (Å²) in [5.41, 5.74) is 2.28. The van der Waals surface area contributed by atoms with Gasteiger partial charge in [0.05, 0.1) is 0 Å². The maximum atomic E-state index is 4.41. The van der Waals surface area contributed by atoms with E-state index in [0.29, 0.717) is 0 Å². The minimum Gasteiger partial charge on any atom is -0.258 e. The maximum Gasteiger partial charge on any atom is 0.209 e. The molecule has 2 rings (SSSR count). The number of aromatic amines is 1. The third-order valence-electron chi connectivity index (χ3n) is 2.09. The SMILES string of the molecule is C=CCSc1n[nH]c(-c2cccc(C)c2)n1. The lowest BCUT2D eigenvalue weighted by atomic mass is 10.1. The lowest BCUT2D eigenvalue weighted by Crippen LogP contribution is -1.81. The molecule has 4 heteroatoms. The van der Waals surface area contributed by atoms with Gasteiger partial charge in [0.1, 0.15) is 0 Å². The first-order chi connectivity index (χ1) is 7.79. The van der Waals surface area contributed by atoms with Gasteiger partial charge in [0, 0.05) is 11.3 Å². The molecule has 0 bridgehead atoms. The zero-order valence-electron chi connectivity index (χ0n) is 9.10. The molecular weight excluding hydrogens is 218 g/mol. The molecule has 1 N–H and O–H groups in total. The van der Waals surface area contributed by atoms with Crippen LogP contribution in [0.3, 0.4) is 0 Å². The van der Waals surface area contributed by atoms with Crippen LogP contribution in [0.25, 0.3) is 11.4 Å². The molecule has 0 saturated carbocycles. The molecule has 82 valence electrons. The Bertz CT molecular complexity index is 491. The van der Waals surface area contributed by atoms with Gasteiger partial charge in [-0.15, -0.1) is 11.7 Å². The van der Waals surface area contributed by atoms with E-state index >= 15 is 0 Å². The minimum atomic E-state index is 0.761. The van der Waals surface area contributed by atoms with Crippen molar-refractivity contribution in [3.8, 4) is 11.4 Å². The van der Waals surface area contributed by atoms with Crippen LogP contribution in [-0.4, -0.2) is 20.9 Å². The summed E-state index contributed by atoms with van der Waals surface area (Å²) in [5.74, 6) is 1.64. The highest BCUT2D eigenvalue weighted by molar-refractivity contribution is 7.99. The Morgan fingerprint density at radius 2 is 2.38 bits per heavy atom. The van der Waals surface area contributed by atoms with Crippen molar-refractivity contribution >= 4 is 11.8 Å². The van der Waals surface area contributed by atoms with Gasteiger partial charge in [-0.05, 0) is 13.0 Å². The largest absolute Gasteiger partial charge is 0.258 e. The number of benzene rings is 1. The molecule has 16 heavy (non-hydrogen) atoms. The van der Waals surface area contributed by atoms with Crippen molar-refractivity contribution in [2.45, 2.75) is 12.1 Å². The van der Waals surface area contributed by atoms with E-state index in [0.717, 1.165) is 22.3 Å². The summed E-state index contributed by atoms with van der Waals surface area (Å²) >= 11 is 1.57. The van der Waals surface area contributed by atoms with Gasteiger partial charge in [0.2, 0.25) is 5.16 Å². The van der Waals surface area contributed by atoms with Crippen LogP contribution in [0.2, 0.25) is 0 Å². The van der Waals surface area contributed by atoms with E-state index in [-0.39, 0.29) is 0 Å². The number of aromatic nitrogens is 3. The molecule has 0 saturated heterocycles. The predicted molar refractivity (Wildman–Crippen MR) is 67.5 cm³/mol. The summed E-state index contributed by atoms with van der Waals surface area (Å²) in [6.07, 6.45) is 1.84. The molecule has 1 aromatic carbocycles. The topological polar surface area (TPSA) is 41.6 Å². The first-order valence-corrected chi connectivity index (χ1v) is 6.01. The van der Waals surface area contributed by atoms with Gasteiger partial charge in [-0.1, -0.05) is 41.6 Å². The Hall–Kier alpha value is -1.55. The van der Waals surface area contributed by atoms with Gasteiger partial charge < -0.3 is 0 Å². The van der Waals surface area contributed by atoms with Gasteiger partial charge in [0.25, 0.3) is 0 Å². The normalized spacial score (nSPS) is 10.3. The molecule has 0 radical (unpaired) electrons. The van der Waals surface area contributed by atoms with Crippen LogP contribution in [0.15, 0.2) is 42.1 Å². The van der Waals surface area contributed by atoms with Crippen LogP contribution >= 0.6 is 11.8 Å². The number of hydrogen-bond donors (Lipinski definition) is 1. The molecule has 0 atom stereocenters. The average molecular weight is 231 g/mol. The maximum absolute atomic E-state index is 4.41. The van der Waals surface area contributed by atoms with Crippen LogP contribution in [0.4, 0.5) is 0 Å². The van der Waals surface area contributed by atoms with Crippen LogP contribution in [-0.2, 0) is 0 Å². The third kappa shape index (κ3) is 2.52. The van der Waals surface area contributed by atoms with Crippen LogP contribution in [0.1, 0.15) is 5.56 Å². The highest BCUT2D eigenvalue weighted by Gasteiger charge is 2.05. The second-order valence-corrected chi connectivity index (χ2v) is 4.42. The van der Waals surface area contributed by atoms with E-state index in [1.54, 1.807) is 11.8 Å². The number of nitrogens with zero attached hydrogens (tertiary/aromatic N) is 2. The quantitative estimate of drug-likeness (QED) is 0.649. The molecule has 0 amide bonds. The second-order valence-electron chi connectivity index (χ2n) is 3.44. The van der Waals surface area contributed by atoms with Crippen molar-refractivity contribution in [1.82, 2.24) is 15.2 Å². The summed E-state index contributed by atoms with van der Waals surface area (Å²) in [5, 5.41) is 7.84. The van der Waals surface area contributed by atoms with Gasteiger partial charge >= 0.3 is 0 Å². The number of nitrogens with one attached hydrogen (secondary N) is 1. The Balaban J connectivity index is 2.21. The molecular formula is C12H13N3S. The molecule has 3 nitrogen and oxygen atoms in total. The molecule has 1 heterocycles. The molecule has 0 fully saturated rings. The van der Waals surface area contributed by atoms with E-state index in [9.17, 15) is 0 Å². The molecule has 2 aromatic rings. The van der Waals surface area contributed by atoms with Crippen LogP contribution < -0.4 is 0 Å². The fourth-order valence-electron chi connectivity index (χ4n) is 1.37. The number of rotatable bonds is 4. The van der Waals surface area contributed by atoms with E-state index in [1.165, 1.54) is 5.56 Å². The number of thioether (sulfide) groups is 1. The zero-order valence-corrected chi connectivity index (χ0v) is 9.92. The second kappa shape index (κ2) is 4.99. The summed E-state index contributed by atoms with van der Waals surface area (Å²) in [4.78, 5) is 4.41. The van der Waals surface area contributed by atoms with E-state index in [1.807, 2.05) is 18.2 Å². The number of hydrogen-bond acceptors (Lipinski definition) is 3. The summed E-state index contributed by atoms with van der Waals surface area (Å²) in [6.45, 7) is 5.73. The van der Waals surface area contributed by atoms with E-state index < -0.39 is 0 Å². The fourth-order valence-corrected chi connectivity index (χ4v) is 1.90. The Labute approximate surface area is 99.0 Å². The van der Waals surface area contributed by atoms with E-state index in [4.69, 9.17) is 0 Å². The Morgan fingerprint density at radius 3 is 3.12 bits per heavy atom. The number of aryl methyl sites for hydroxylation is 1. The number of H-pyrrole nitrogens is 1. The van der Waals surface area contributed by atoms with Crippen molar-refractivity contribution in [2.75, 3.05) is 5.75 Å². The minimum absolute atomic E-state index is 0.761. The van der Waals surface area contributed by atoms with Crippen molar-refractivity contribution in [3.05, 3.63) is 42.5 Å². The van der Waals surface area contributed by atoms with Crippen LogP contribution in [0.5, 0.6) is 0 Å². The zero-order chi connectivity index (χ0) is 11.4. The van der Waals surface area contributed by atoms with Gasteiger partial charge in [0.15, 0.2) is 5.82 Å². The van der Waals surface area contributed by atoms with Gasteiger partial charge in [-0.2, -0.15) is 0 Å². The lowest BCUT2D eigenvalue weighted by molar-refractivity contribution is 0.975. The monoisotopic (exact) mass is 231 g/mol. The summed E-state index contributed by atoms with van der Waals surface area (Å²) in [6, 6.07) is 8.19. The van der Waals surface area contributed by atoms with Gasteiger partial charge in [-0.25, -0.2) is 4.98 Å². The average Bonchev–Trinajstić information content (AvgIpc) is 2.75. The summed E-state index contributed by atoms with van der Waals surface area (Å²) in [7, 11) is 0. The van der Waals surface area contributed by atoms with Crippen molar-refractivity contribution in [2.24, 2.45) is 0 Å². The predicted octanol–water partition coefficient (Wildman–Crippen LogP) is 3.06. The highest BCUT2D eigenvalue weighted by Crippen LogP contribution is 2.19. The fraction of sp³-hybridized carbons (Fsp3) is 0.167. The summed E-state index contributed by atoms with van der Waals surface area (Å²) < 4.78 is 0. The smallest absolute Gasteiger partial charge is 0.209 e. The van der Waals surface area contributed by atoms with Crippen LogP contribution in [0, 0.1) is 6.92 Å². The first-order valence-electron chi connectivity index (χ1n) is 5.03. The molecule has 1 aromatic heterocycles. The van der Waals surface area contributed by atoms with E-state index in [2.05, 4.69) is 40.8 Å². The highest BCUT2D eigenvalue weighted by atomic mass is 32.2. The molecule has 0 spiro atoms. The van der Waals surface area contributed by atoms with Crippen molar-refractivity contribution in [3.63, 3.8) is 0 Å². The lowest BCUT2D eigenvalue weighted by Gasteiger charge is -1.96. The first kappa shape index (κ1) is 11.0. The molecule has 0 aliphatic heterocycles. The van der Waals surface area contributed by atoms with Gasteiger partial charge in [-0.3, -0.25) is 5.10 Å². The Morgan fingerprint density at radius 1 is 1.50 bits per heavy atom. The van der Waals surface area contributed by atoms with Crippen molar-refractivity contribution in [1.29, 1.82) is 0 Å².